The molecule has 0 radical (unpaired) electrons. The quantitative estimate of drug-likeness (QED) is 0.484. The van der Waals surface area contributed by atoms with Crippen molar-refractivity contribution in [2.75, 3.05) is 51.2 Å². The van der Waals surface area contributed by atoms with Gasteiger partial charge in [-0.05, 0) is 5.56 Å². The van der Waals surface area contributed by atoms with Crippen molar-refractivity contribution in [2.24, 2.45) is 0 Å². The minimum Gasteiger partial charge on any atom is -0.379 e. The summed E-state index contributed by atoms with van der Waals surface area (Å²) in [6.45, 7) is 3.48. The summed E-state index contributed by atoms with van der Waals surface area (Å²) in [6.07, 6.45) is 0. The van der Waals surface area contributed by atoms with Gasteiger partial charge in [-0.3, -0.25) is 4.57 Å². The second-order valence-corrected chi connectivity index (χ2v) is 8.27. The van der Waals surface area contributed by atoms with E-state index in [2.05, 4.69) is 0 Å². The Kier molecular flexibility index (Phi) is 8.34. The number of alkyl halides is 2. The summed E-state index contributed by atoms with van der Waals surface area (Å²) < 4.78 is 28.7. The Morgan fingerprint density at radius 1 is 1.13 bits per heavy atom. The highest BCUT2D eigenvalue weighted by molar-refractivity contribution is 7.53. The highest BCUT2D eigenvalue weighted by Crippen LogP contribution is 2.55. The summed E-state index contributed by atoms with van der Waals surface area (Å²) in [5.41, 5.74) is 0.984. The SMILES string of the molecule is O=[P@@](OCc1ccccc1)(N(CCCl)CCCl)N1CCOCC1. The highest BCUT2D eigenvalue weighted by atomic mass is 35.5. The van der Waals surface area contributed by atoms with Gasteiger partial charge in [-0.15, -0.1) is 23.2 Å². The molecule has 1 aromatic carbocycles. The van der Waals surface area contributed by atoms with Crippen molar-refractivity contribution in [3.8, 4) is 0 Å². The van der Waals surface area contributed by atoms with Gasteiger partial charge >= 0.3 is 7.67 Å². The Labute approximate surface area is 148 Å². The van der Waals surface area contributed by atoms with E-state index in [-0.39, 0.29) is 6.61 Å². The van der Waals surface area contributed by atoms with Gasteiger partial charge in [-0.25, -0.2) is 9.34 Å². The van der Waals surface area contributed by atoms with Crippen molar-refractivity contribution in [1.82, 2.24) is 9.34 Å². The summed E-state index contributed by atoms with van der Waals surface area (Å²) in [5.74, 6) is 0.750. The van der Waals surface area contributed by atoms with Gasteiger partial charge in [0.1, 0.15) is 0 Å². The van der Waals surface area contributed by atoms with E-state index in [0.717, 1.165) is 5.56 Å². The van der Waals surface area contributed by atoms with Crippen molar-refractivity contribution in [3.05, 3.63) is 35.9 Å². The van der Waals surface area contributed by atoms with E-state index < -0.39 is 7.67 Å². The Morgan fingerprint density at radius 2 is 1.74 bits per heavy atom. The van der Waals surface area contributed by atoms with Crippen LogP contribution in [0.25, 0.3) is 0 Å². The van der Waals surface area contributed by atoms with E-state index in [9.17, 15) is 4.57 Å². The molecular weight excluding hydrogens is 358 g/mol. The minimum atomic E-state index is -3.19. The molecule has 0 saturated carbocycles. The first kappa shape index (κ1) is 19.2. The molecule has 130 valence electrons. The van der Waals surface area contributed by atoms with Crippen LogP contribution in [0.15, 0.2) is 30.3 Å². The first-order valence-electron chi connectivity index (χ1n) is 7.69. The Balaban J connectivity index is 2.16. The number of rotatable bonds is 9. The predicted molar refractivity (Wildman–Crippen MR) is 94.2 cm³/mol. The van der Waals surface area contributed by atoms with Gasteiger partial charge in [0.15, 0.2) is 0 Å². The predicted octanol–water partition coefficient (Wildman–Crippen LogP) is 3.42. The zero-order valence-corrected chi connectivity index (χ0v) is 15.5. The molecule has 23 heavy (non-hydrogen) atoms. The topological polar surface area (TPSA) is 42.0 Å². The van der Waals surface area contributed by atoms with Crippen LogP contribution in [0, 0.1) is 0 Å². The third-order valence-electron chi connectivity index (χ3n) is 3.63. The van der Waals surface area contributed by atoms with Crippen LogP contribution in [0.5, 0.6) is 0 Å². The first-order chi connectivity index (χ1) is 11.2. The largest absolute Gasteiger partial charge is 0.379 e. The van der Waals surface area contributed by atoms with E-state index in [1.165, 1.54) is 0 Å². The molecule has 5 nitrogen and oxygen atoms in total. The van der Waals surface area contributed by atoms with Crippen molar-refractivity contribution in [1.29, 1.82) is 0 Å². The van der Waals surface area contributed by atoms with Gasteiger partial charge < -0.3 is 9.26 Å². The van der Waals surface area contributed by atoms with Crippen LogP contribution >= 0.6 is 30.9 Å². The molecule has 1 aromatic rings. The molecular formula is C15H23Cl2N2O3P. The van der Waals surface area contributed by atoms with Gasteiger partial charge in [0, 0.05) is 37.9 Å². The van der Waals surface area contributed by atoms with Gasteiger partial charge in [-0.2, -0.15) is 0 Å². The molecule has 1 heterocycles. The second kappa shape index (κ2) is 10.00. The van der Waals surface area contributed by atoms with Crippen molar-refractivity contribution in [2.45, 2.75) is 6.61 Å². The number of morpholine rings is 1. The summed E-state index contributed by atoms with van der Waals surface area (Å²) in [5, 5.41) is 0. The van der Waals surface area contributed by atoms with Gasteiger partial charge in [0.2, 0.25) is 0 Å². The van der Waals surface area contributed by atoms with Crippen LogP contribution in [0.4, 0.5) is 0 Å². The van der Waals surface area contributed by atoms with Crippen molar-refractivity contribution >= 4 is 30.9 Å². The Bertz CT molecular complexity index is 495. The zero-order chi connectivity index (χ0) is 16.5. The van der Waals surface area contributed by atoms with Gasteiger partial charge in [-0.1, -0.05) is 30.3 Å². The molecule has 8 heteroatoms. The second-order valence-electron chi connectivity index (χ2n) is 5.15. The molecule has 1 fully saturated rings. The van der Waals surface area contributed by atoms with Crippen LogP contribution < -0.4 is 0 Å². The molecule has 0 unspecified atom stereocenters. The molecule has 1 atom stereocenters. The van der Waals surface area contributed by atoms with Crippen LogP contribution in [0.1, 0.15) is 5.56 Å². The lowest BCUT2D eigenvalue weighted by atomic mass is 10.2. The molecule has 0 aromatic heterocycles. The Morgan fingerprint density at radius 3 is 2.30 bits per heavy atom. The third-order valence-corrected chi connectivity index (χ3v) is 6.66. The number of hydrogen-bond acceptors (Lipinski definition) is 3. The maximum atomic E-state index is 13.7. The third kappa shape index (κ3) is 5.43. The average molecular weight is 381 g/mol. The minimum absolute atomic E-state index is 0.288. The van der Waals surface area contributed by atoms with Gasteiger partial charge in [0.05, 0.1) is 19.8 Å². The standard InChI is InChI=1S/C15H23Cl2N2O3P/c16-6-8-18(9-7-17)23(20,19-10-12-21-13-11-19)22-14-15-4-2-1-3-5-15/h1-5H,6-14H2/t23-/m1/s1. The van der Waals surface area contributed by atoms with E-state index in [4.69, 9.17) is 32.5 Å². The fourth-order valence-corrected chi connectivity index (χ4v) is 5.46. The van der Waals surface area contributed by atoms with E-state index in [1.807, 2.05) is 35.0 Å². The van der Waals surface area contributed by atoms with Crippen LogP contribution in [0.3, 0.4) is 0 Å². The van der Waals surface area contributed by atoms with E-state index in [1.54, 1.807) is 4.67 Å². The summed E-state index contributed by atoms with van der Waals surface area (Å²) in [7, 11) is -3.19. The number of benzene rings is 1. The van der Waals surface area contributed by atoms with E-state index >= 15 is 0 Å². The molecule has 0 N–H and O–H groups in total. The first-order valence-corrected chi connectivity index (χ1v) is 10.3. The Hall–Kier alpha value is -0.130. The molecule has 0 aliphatic carbocycles. The van der Waals surface area contributed by atoms with Crippen LogP contribution in [0.2, 0.25) is 0 Å². The number of halogens is 2. The van der Waals surface area contributed by atoms with Crippen molar-refractivity contribution in [3.63, 3.8) is 0 Å². The molecule has 1 aliphatic heterocycles. The lowest BCUT2D eigenvalue weighted by molar-refractivity contribution is 0.0577. The zero-order valence-electron chi connectivity index (χ0n) is 13.1. The number of nitrogens with zero attached hydrogens (tertiary/aromatic N) is 2. The fraction of sp³-hybridized carbons (Fsp3) is 0.600. The molecule has 1 aliphatic rings. The summed E-state index contributed by atoms with van der Waals surface area (Å²) in [4.78, 5) is 0. The molecule has 2 rings (SSSR count). The fourth-order valence-electron chi connectivity index (χ4n) is 2.44. The van der Waals surface area contributed by atoms with Crippen LogP contribution in [-0.4, -0.2) is 60.5 Å². The lowest BCUT2D eigenvalue weighted by Gasteiger charge is -2.39. The molecule has 0 bridgehead atoms. The molecule has 1 saturated heterocycles. The highest BCUT2D eigenvalue weighted by Gasteiger charge is 2.39. The van der Waals surface area contributed by atoms with Gasteiger partial charge in [0.25, 0.3) is 0 Å². The van der Waals surface area contributed by atoms with Crippen molar-refractivity contribution < 1.29 is 13.8 Å². The molecule has 0 spiro atoms. The van der Waals surface area contributed by atoms with E-state index in [0.29, 0.717) is 51.2 Å². The summed E-state index contributed by atoms with van der Waals surface area (Å²) in [6, 6.07) is 9.73. The number of ether oxygens (including phenoxy) is 1. The lowest BCUT2D eigenvalue weighted by Crippen LogP contribution is -2.41. The smallest absolute Gasteiger partial charge is 0.346 e. The molecule has 0 amide bonds. The monoisotopic (exact) mass is 380 g/mol. The summed E-state index contributed by atoms with van der Waals surface area (Å²) >= 11 is 11.8. The number of hydrogen-bond donors (Lipinski definition) is 0. The van der Waals surface area contributed by atoms with Crippen LogP contribution in [-0.2, 0) is 20.4 Å². The maximum absolute atomic E-state index is 13.7. The normalized spacial score (nSPS) is 18.9. The average Bonchev–Trinajstić information content (AvgIpc) is 2.61. The maximum Gasteiger partial charge on any atom is 0.346 e.